The number of methoxy groups -OCH3 is 2. The summed E-state index contributed by atoms with van der Waals surface area (Å²) in [5, 5.41) is -0.603. The first-order valence-electron chi connectivity index (χ1n) is 10.1. The number of nitrogens with one attached hydrogen (secondary N) is 1. The summed E-state index contributed by atoms with van der Waals surface area (Å²) in [6.45, 7) is 1.68. The van der Waals surface area contributed by atoms with E-state index >= 15 is 0 Å². The van der Waals surface area contributed by atoms with Gasteiger partial charge in [0.15, 0.2) is 0 Å². The van der Waals surface area contributed by atoms with Crippen LogP contribution in [-0.4, -0.2) is 33.4 Å². The molecule has 0 aliphatic carbocycles. The quantitative estimate of drug-likeness (QED) is 0.284. The maximum Gasteiger partial charge on any atom is 0.417 e. The number of carbonyl (C=O) groups excluding carboxylic acids is 1. The molecule has 0 saturated heterocycles. The Labute approximate surface area is 215 Å². The zero-order valence-corrected chi connectivity index (χ0v) is 21.3. The van der Waals surface area contributed by atoms with Crippen molar-refractivity contribution in [3.05, 3.63) is 86.7 Å². The molecule has 2 aromatic carbocycles. The van der Waals surface area contributed by atoms with Gasteiger partial charge in [-0.3, -0.25) is 9.78 Å². The molecule has 1 unspecified atom stereocenters. The lowest BCUT2D eigenvalue weighted by molar-refractivity contribution is -0.137. The molecule has 0 aliphatic rings. The second-order valence-electron chi connectivity index (χ2n) is 7.45. The molecule has 3 aromatic rings. The SMILES string of the molecule is COc1cccc(C)c1C(=O)c1ncc(Cl)cc1C(NS(=O)(=O)c1ccc(Cl)c(C(F)(F)F)c1)OC. The minimum atomic E-state index is -4.88. The number of benzene rings is 2. The van der Waals surface area contributed by atoms with E-state index in [0.717, 1.165) is 19.2 Å². The predicted molar refractivity (Wildman–Crippen MR) is 127 cm³/mol. The van der Waals surface area contributed by atoms with Gasteiger partial charge in [0.25, 0.3) is 0 Å². The van der Waals surface area contributed by atoms with Crippen molar-refractivity contribution in [3.63, 3.8) is 0 Å². The zero-order valence-electron chi connectivity index (χ0n) is 19.0. The normalized spacial score (nSPS) is 12.9. The van der Waals surface area contributed by atoms with Crippen LogP contribution in [-0.2, 0) is 20.9 Å². The van der Waals surface area contributed by atoms with Gasteiger partial charge in [-0.05, 0) is 42.8 Å². The minimum Gasteiger partial charge on any atom is -0.496 e. The van der Waals surface area contributed by atoms with Crippen molar-refractivity contribution >= 4 is 39.0 Å². The molecular formula is C23H19Cl2F3N2O5S. The molecule has 7 nitrogen and oxygen atoms in total. The monoisotopic (exact) mass is 562 g/mol. The zero-order chi connectivity index (χ0) is 26.8. The number of hydrogen-bond acceptors (Lipinski definition) is 6. The van der Waals surface area contributed by atoms with Crippen LogP contribution in [0.5, 0.6) is 5.75 Å². The number of sulfonamides is 1. The number of ether oxygens (including phenoxy) is 2. The number of hydrogen-bond donors (Lipinski definition) is 1. The summed E-state index contributed by atoms with van der Waals surface area (Å²) >= 11 is 11.7. The first kappa shape index (κ1) is 27.9. The van der Waals surface area contributed by atoms with Crippen molar-refractivity contribution in [2.75, 3.05) is 14.2 Å². The van der Waals surface area contributed by atoms with Crippen LogP contribution in [0.4, 0.5) is 13.2 Å². The summed E-state index contributed by atoms with van der Waals surface area (Å²) in [5.74, 6) is -0.346. The summed E-state index contributed by atoms with van der Waals surface area (Å²) in [6.07, 6.45) is -5.23. The molecule has 3 rings (SSSR count). The van der Waals surface area contributed by atoms with Gasteiger partial charge in [0, 0.05) is 18.9 Å². The van der Waals surface area contributed by atoms with Crippen LogP contribution in [0.25, 0.3) is 0 Å². The maximum atomic E-state index is 13.5. The van der Waals surface area contributed by atoms with Crippen molar-refractivity contribution in [1.29, 1.82) is 0 Å². The van der Waals surface area contributed by atoms with E-state index in [4.69, 9.17) is 32.7 Å². The van der Waals surface area contributed by atoms with E-state index in [-0.39, 0.29) is 27.6 Å². The molecule has 36 heavy (non-hydrogen) atoms. The Balaban J connectivity index is 2.08. The Morgan fingerprint density at radius 3 is 2.42 bits per heavy atom. The molecule has 0 amide bonds. The highest BCUT2D eigenvalue weighted by Gasteiger charge is 2.35. The van der Waals surface area contributed by atoms with E-state index in [2.05, 4.69) is 9.71 Å². The number of ketones is 1. The lowest BCUT2D eigenvalue weighted by atomic mass is 9.98. The Bertz CT molecular complexity index is 1420. The summed E-state index contributed by atoms with van der Waals surface area (Å²) in [7, 11) is -2.08. The molecular weight excluding hydrogens is 544 g/mol. The van der Waals surface area contributed by atoms with Crippen LogP contribution in [0.2, 0.25) is 10.0 Å². The van der Waals surface area contributed by atoms with Crippen LogP contribution in [0.15, 0.2) is 53.6 Å². The molecule has 0 saturated carbocycles. The minimum absolute atomic E-state index is 0.0606. The number of carbonyl (C=O) groups is 1. The molecule has 0 spiro atoms. The average molecular weight is 563 g/mol. The van der Waals surface area contributed by atoms with Gasteiger partial charge in [0.1, 0.15) is 17.7 Å². The topological polar surface area (TPSA) is 94.6 Å². The first-order chi connectivity index (χ1) is 16.8. The third-order valence-corrected chi connectivity index (χ3v) is 7.05. The van der Waals surface area contributed by atoms with E-state index < -0.39 is 43.7 Å². The smallest absolute Gasteiger partial charge is 0.417 e. The second kappa shape index (κ2) is 10.7. The number of rotatable bonds is 8. The fourth-order valence-electron chi connectivity index (χ4n) is 3.40. The van der Waals surface area contributed by atoms with E-state index in [1.54, 1.807) is 25.1 Å². The summed E-state index contributed by atoms with van der Waals surface area (Å²) in [4.78, 5) is 16.8. The summed E-state index contributed by atoms with van der Waals surface area (Å²) < 4.78 is 78.5. The number of nitrogens with zero attached hydrogens (tertiary/aromatic N) is 1. The maximum absolute atomic E-state index is 13.5. The molecule has 0 aliphatic heterocycles. The number of alkyl halides is 3. The third-order valence-electron chi connectivity index (χ3n) is 5.11. The molecule has 1 heterocycles. The second-order valence-corrected chi connectivity index (χ2v) is 10.0. The largest absolute Gasteiger partial charge is 0.496 e. The molecule has 0 radical (unpaired) electrons. The van der Waals surface area contributed by atoms with E-state index in [0.29, 0.717) is 11.6 Å². The lowest BCUT2D eigenvalue weighted by Crippen LogP contribution is -2.31. The van der Waals surface area contributed by atoms with Crippen LogP contribution in [0, 0.1) is 6.92 Å². The highest BCUT2D eigenvalue weighted by molar-refractivity contribution is 7.89. The Hall–Kier alpha value is -2.70. The van der Waals surface area contributed by atoms with Crippen molar-refractivity contribution < 1.29 is 35.9 Å². The summed E-state index contributed by atoms with van der Waals surface area (Å²) in [5.41, 5.74) is -0.839. The highest BCUT2D eigenvalue weighted by atomic mass is 35.5. The Morgan fingerprint density at radius 2 is 1.81 bits per heavy atom. The van der Waals surface area contributed by atoms with Crippen molar-refractivity contribution in [3.8, 4) is 5.75 Å². The van der Waals surface area contributed by atoms with Gasteiger partial charge in [0.05, 0.1) is 33.2 Å². The average Bonchev–Trinajstić information content (AvgIpc) is 2.81. The first-order valence-corrected chi connectivity index (χ1v) is 12.3. The molecule has 1 atom stereocenters. The van der Waals surface area contributed by atoms with Crippen LogP contribution in [0.1, 0.15) is 39.0 Å². The molecule has 13 heteroatoms. The molecule has 1 aromatic heterocycles. The van der Waals surface area contributed by atoms with Crippen LogP contribution < -0.4 is 9.46 Å². The Kier molecular flexibility index (Phi) is 8.31. The van der Waals surface area contributed by atoms with Gasteiger partial charge in [-0.15, -0.1) is 0 Å². The van der Waals surface area contributed by atoms with Gasteiger partial charge < -0.3 is 9.47 Å². The van der Waals surface area contributed by atoms with E-state index in [1.165, 1.54) is 19.4 Å². The highest BCUT2D eigenvalue weighted by Crippen LogP contribution is 2.36. The molecule has 192 valence electrons. The van der Waals surface area contributed by atoms with Crippen molar-refractivity contribution in [1.82, 2.24) is 9.71 Å². The van der Waals surface area contributed by atoms with Gasteiger partial charge in [-0.25, -0.2) is 8.42 Å². The summed E-state index contributed by atoms with van der Waals surface area (Å²) in [6, 6.07) is 8.35. The number of aromatic nitrogens is 1. The predicted octanol–water partition coefficient (Wildman–Crippen LogP) is 5.58. The van der Waals surface area contributed by atoms with Gasteiger partial charge in [0.2, 0.25) is 15.8 Å². The molecule has 0 bridgehead atoms. The lowest BCUT2D eigenvalue weighted by Gasteiger charge is -2.21. The van der Waals surface area contributed by atoms with E-state index in [1.807, 2.05) is 0 Å². The fourth-order valence-corrected chi connectivity index (χ4v) is 4.95. The fraction of sp³-hybridized carbons (Fsp3) is 0.217. The van der Waals surface area contributed by atoms with Crippen molar-refractivity contribution in [2.45, 2.75) is 24.2 Å². The van der Waals surface area contributed by atoms with Gasteiger partial charge in [-0.1, -0.05) is 35.3 Å². The molecule has 0 fully saturated rings. The van der Waals surface area contributed by atoms with Crippen LogP contribution in [0.3, 0.4) is 0 Å². The number of halogens is 5. The Morgan fingerprint density at radius 1 is 1.11 bits per heavy atom. The van der Waals surface area contributed by atoms with Gasteiger partial charge >= 0.3 is 6.18 Å². The number of aryl methyl sites for hydroxylation is 1. The van der Waals surface area contributed by atoms with Crippen LogP contribution >= 0.6 is 23.2 Å². The van der Waals surface area contributed by atoms with E-state index in [9.17, 15) is 26.4 Å². The number of pyridine rings is 1. The molecule has 1 N–H and O–H groups in total. The third kappa shape index (κ3) is 5.81. The standard InChI is InChI=1S/C23H19Cl2F3N2O5S/c1-12-5-4-6-18(34-2)19(12)21(31)20-15(9-13(24)11-29-20)22(35-3)30-36(32,33)14-7-8-17(25)16(10-14)23(26,27)28/h4-11,22,30H,1-3H3. The van der Waals surface area contributed by atoms with Gasteiger partial charge in [-0.2, -0.15) is 17.9 Å². The van der Waals surface area contributed by atoms with Crippen molar-refractivity contribution in [2.24, 2.45) is 0 Å².